The third kappa shape index (κ3) is 2.85. The lowest BCUT2D eigenvalue weighted by atomic mass is 9.98. The van der Waals surface area contributed by atoms with E-state index in [2.05, 4.69) is 58.1 Å². The summed E-state index contributed by atoms with van der Waals surface area (Å²) in [5.74, 6) is 0.883. The Morgan fingerprint density at radius 1 is 1.14 bits per heavy atom. The summed E-state index contributed by atoms with van der Waals surface area (Å²) in [4.78, 5) is 14.7. The van der Waals surface area contributed by atoms with Crippen LogP contribution in [0, 0.1) is 0 Å². The van der Waals surface area contributed by atoms with Crippen molar-refractivity contribution < 1.29 is 4.74 Å². The van der Waals surface area contributed by atoms with Crippen molar-refractivity contribution in [1.82, 2.24) is 19.4 Å². The molecule has 2 bridgehead atoms. The lowest BCUT2D eigenvalue weighted by Gasteiger charge is -2.36. The van der Waals surface area contributed by atoms with Gasteiger partial charge in [-0.25, -0.2) is 9.97 Å². The Hall–Kier alpha value is -2.44. The van der Waals surface area contributed by atoms with E-state index in [-0.39, 0.29) is 0 Å². The topological polar surface area (TPSA) is 46.4 Å². The molecule has 5 heterocycles. The summed E-state index contributed by atoms with van der Waals surface area (Å²) in [6, 6.07) is 9.76. The molecule has 0 spiro atoms. The molecule has 29 heavy (non-hydrogen) atoms. The van der Waals surface area contributed by atoms with Crippen molar-refractivity contribution in [3.63, 3.8) is 0 Å². The van der Waals surface area contributed by atoms with Crippen LogP contribution in [0.25, 0.3) is 10.9 Å². The predicted molar refractivity (Wildman–Crippen MR) is 113 cm³/mol. The van der Waals surface area contributed by atoms with Gasteiger partial charge < -0.3 is 14.2 Å². The van der Waals surface area contributed by atoms with Crippen LogP contribution in [0.2, 0.25) is 0 Å². The average molecular weight is 390 g/mol. The van der Waals surface area contributed by atoms with Crippen LogP contribution in [-0.4, -0.2) is 51.8 Å². The third-order valence-corrected chi connectivity index (χ3v) is 6.94. The second-order valence-corrected chi connectivity index (χ2v) is 8.58. The Bertz CT molecular complexity index is 1050. The molecule has 0 aliphatic carbocycles. The maximum atomic E-state index is 5.48. The Morgan fingerprint density at radius 3 is 2.90 bits per heavy atom. The Morgan fingerprint density at radius 2 is 2.00 bits per heavy atom. The third-order valence-electron chi connectivity index (χ3n) is 6.94. The number of nitrogens with zero attached hydrogens (tertiary/aromatic N) is 5. The van der Waals surface area contributed by atoms with E-state index < -0.39 is 0 Å². The van der Waals surface area contributed by atoms with Crippen molar-refractivity contribution in [3.05, 3.63) is 53.5 Å². The van der Waals surface area contributed by atoms with Gasteiger partial charge in [0.05, 0.1) is 18.9 Å². The molecule has 150 valence electrons. The largest absolute Gasteiger partial charge is 0.378 e. The zero-order valence-corrected chi connectivity index (χ0v) is 16.9. The van der Waals surface area contributed by atoms with E-state index in [4.69, 9.17) is 14.7 Å². The highest BCUT2D eigenvalue weighted by atomic mass is 16.5. The molecule has 1 aromatic carbocycles. The number of para-hydroxylation sites is 1. The first-order chi connectivity index (χ1) is 14.3. The van der Waals surface area contributed by atoms with Crippen LogP contribution in [0.1, 0.15) is 35.7 Å². The molecule has 3 aromatic rings. The number of morpholine rings is 1. The SMILES string of the molecule is Cn1cc(CN2[C@H]3CC[C@H]2c2cnc(N4CCOCC4)nc2C3)c2ccccc21. The van der Waals surface area contributed by atoms with Crippen molar-refractivity contribution in [3.8, 4) is 0 Å². The number of benzene rings is 1. The monoisotopic (exact) mass is 389 g/mol. The zero-order chi connectivity index (χ0) is 19.4. The summed E-state index contributed by atoms with van der Waals surface area (Å²) in [7, 11) is 2.15. The molecular formula is C23H27N5O. The summed E-state index contributed by atoms with van der Waals surface area (Å²) in [5.41, 5.74) is 5.35. The minimum Gasteiger partial charge on any atom is -0.378 e. The molecule has 0 amide bonds. The maximum Gasteiger partial charge on any atom is 0.225 e. The number of hydrogen-bond acceptors (Lipinski definition) is 5. The molecule has 2 atom stereocenters. The zero-order valence-electron chi connectivity index (χ0n) is 16.9. The van der Waals surface area contributed by atoms with Gasteiger partial charge in [-0.15, -0.1) is 0 Å². The fraction of sp³-hybridized carbons (Fsp3) is 0.478. The van der Waals surface area contributed by atoms with Gasteiger partial charge in [0.15, 0.2) is 0 Å². The Labute approximate surface area is 171 Å². The van der Waals surface area contributed by atoms with E-state index in [0.29, 0.717) is 12.1 Å². The smallest absolute Gasteiger partial charge is 0.225 e. The summed E-state index contributed by atoms with van der Waals surface area (Å²) in [5, 5.41) is 1.37. The van der Waals surface area contributed by atoms with Crippen molar-refractivity contribution >= 4 is 16.9 Å². The maximum absolute atomic E-state index is 5.48. The van der Waals surface area contributed by atoms with Gasteiger partial charge in [0, 0.05) is 74.0 Å². The number of rotatable bonds is 3. The number of aromatic nitrogens is 3. The van der Waals surface area contributed by atoms with E-state index in [1.165, 1.54) is 40.6 Å². The van der Waals surface area contributed by atoms with Crippen LogP contribution in [0.5, 0.6) is 0 Å². The van der Waals surface area contributed by atoms with Crippen LogP contribution in [0.3, 0.4) is 0 Å². The van der Waals surface area contributed by atoms with Gasteiger partial charge in [-0.2, -0.15) is 0 Å². The van der Waals surface area contributed by atoms with Gasteiger partial charge in [-0.1, -0.05) is 18.2 Å². The van der Waals surface area contributed by atoms with Gasteiger partial charge in [0.25, 0.3) is 0 Å². The first kappa shape index (κ1) is 17.4. The summed E-state index contributed by atoms with van der Waals surface area (Å²) in [6.07, 6.45) is 7.91. The second-order valence-electron chi connectivity index (χ2n) is 8.58. The van der Waals surface area contributed by atoms with Crippen molar-refractivity contribution in [2.75, 3.05) is 31.2 Å². The second kappa shape index (κ2) is 6.82. The Balaban J connectivity index is 1.30. The molecule has 6 rings (SSSR count). The molecule has 0 radical (unpaired) electrons. The molecule has 6 nitrogen and oxygen atoms in total. The van der Waals surface area contributed by atoms with Gasteiger partial charge in [-0.05, 0) is 24.5 Å². The fourth-order valence-electron chi connectivity index (χ4n) is 5.47. The van der Waals surface area contributed by atoms with Gasteiger partial charge in [0.2, 0.25) is 5.95 Å². The van der Waals surface area contributed by atoms with E-state index in [9.17, 15) is 0 Å². The fourth-order valence-corrected chi connectivity index (χ4v) is 5.47. The number of ether oxygens (including phenoxy) is 1. The van der Waals surface area contributed by atoms with E-state index in [1.54, 1.807) is 0 Å². The first-order valence-corrected chi connectivity index (χ1v) is 10.7. The normalized spacial score (nSPS) is 24.2. The molecule has 2 aromatic heterocycles. The van der Waals surface area contributed by atoms with E-state index >= 15 is 0 Å². The molecule has 2 saturated heterocycles. The first-order valence-electron chi connectivity index (χ1n) is 10.7. The standard InChI is InChI=1S/C23H27N5O/c1-26-14-16(18-4-2-3-5-21(18)26)15-28-17-6-7-22(28)19-13-24-23(25-20(19)12-17)27-8-10-29-11-9-27/h2-5,13-14,17,22H,6-12,15H2,1H3/t17-,22-/m0/s1. The minimum atomic E-state index is 0.446. The number of hydrogen-bond donors (Lipinski definition) is 0. The highest BCUT2D eigenvalue weighted by molar-refractivity contribution is 5.83. The van der Waals surface area contributed by atoms with Gasteiger partial charge in [0.1, 0.15) is 0 Å². The molecular weight excluding hydrogens is 362 g/mol. The van der Waals surface area contributed by atoms with Crippen molar-refractivity contribution in [2.24, 2.45) is 7.05 Å². The number of fused-ring (bicyclic) bond motifs is 5. The lowest BCUT2D eigenvalue weighted by molar-refractivity contribution is 0.122. The minimum absolute atomic E-state index is 0.446. The van der Waals surface area contributed by atoms with Crippen LogP contribution in [0.4, 0.5) is 5.95 Å². The van der Waals surface area contributed by atoms with Crippen molar-refractivity contribution in [1.29, 1.82) is 0 Å². The van der Waals surface area contributed by atoms with Gasteiger partial charge in [-0.3, -0.25) is 4.90 Å². The predicted octanol–water partition coefficient (Wildman–Crippen LogP) is 3.07. The molecule has 2 fully saturated rings. The quantitative estimate of drug-likeness (QED) is 0.689. The molecule has 3 aliphatic rings. The van der Waals surface area contributed by atoms with Crippen molar-refractivity contribution in [2.45, 2.75) is 37.9 Å². The highest BCUT2D eigenvalue weighted by Gasteiger charge is 2.41. The van der Waals surface area contributed by atoms with Crippen LogP contribution < -0.4 is 4.90 Å². The van der Waals surface area contributed by atoms with Crippen LogP contribution >= 0.6 is 0 Å². The summed E-state index contributed by atoms with van der Waals surface area (Å²) in [6.45, 7) is 4.31. The molecule has 3 aliphatic heterocycles. The molecule has 0 N–H and O–H groups in total. The molecule has 0 unspecified atom stereocenters. The lowest BCUT2D eigenvalue weighted by Crippen LogP contribution is -2.40. The number of aryl methyl sites for hydroxylation is 1. The average Bonchev–Trinajstić information content (AvgIpc) is 3.23. The van der Waals surface area contributed by atoms with E-state index in [0.717, 1.165) is 45.2 Å². The van der Waals surface area contributed by atoms with Gasteiger partial charge >= 0.3 is 0 Å². The number of anilines is 1. The van der Waals surface area contributed by atoms with Crippen LogP contribution in [-0.2, 0) is 24.8 Å². The Kier molecular flexibility index (Phi) is 4.09. The highest BCUT2D eigenvalue weighted by Crippen LogP contribution is 2.44. The molecule has 0 saturated carbocycles. The van der Waals surface area contributed by atoms with E-state index in [1.807, 2.05) is 0 Å². The van der Waals surface area contributed by atoms with Crippen LogP contribution in [0.15, 0.2) is 36.7 Å². The summed E-state index contributed by atoms with van der Waals surface area (Å²) < 4.78 is 7.73. The molecule has 6 heteroatoms. The summed E-state index contributed by atoms with van der Waals surface area (Å²) >= 11 is 0.